The second-order valence-corrected chi connectivity index (χ2v) is 3.60. The van der Waals surface area contributed by atoms with Crippen LogP contribution < -0.4 is 0 Å². The maximum Gasteiger partial charge on any atom is 0.304 e. The van der Waals surface area contributed by atoms with Gasteiger partial charge in [0.25, 0.3) is 0 Å². The maximum absolute atomic E-state index is 11.8. The van der Waals surface area contributed by atoms with Crippen LogP contribution in [0.25, 0.3) is 10.4 Å². The Bertz CT molecular complexity index is 475. The van der Waals surface area contributed by atoms with Gasteiger partial charge in [0.15, 0.2) is 5.78 Å². The second-order valence-electron chi connectivity index (χ2n) is 3.60. The van der Waals surface area contributed by atoms with Crippen LogP contribution in [-0.2, 0) is 4.79 Å². The summed E-state index contributed by atoms with van der Waals surface area (Å²) in [5.74, 6) is -1.81. The smallest absolute Gasteiger partial charge is 0.304 e. The predicted molar refractivity (Wildman–Crippen MR) is 61.0 cm³/mol. The molecule has 6 nitrogen and oxygen atoms in total. The van der Waals surface area contributed by atoms with E-state index in [0.717, 1.165) is 0 Å². The first-order valence-electron chi connectivity index (χ1n) is 4.95. The number of carbonyl (C=O) groups is 2. The Morgan fingerprint density at radius 1 is 1.41 bits per heavy atom. The molecule has 0 heterocycles. The highest BCUT2D eigenvalue weighted by molar-refractivity contribution is 5.99. The van der Waals surface area contributed by atoms with Crippen molar-refractivity contribution in [3.8, 4) is 0 Å². The fraction of sp³-hybridized carbons (Fsp3) is 0.273. The van der Waals surface area contributed by atoms with Gasteiger partial charge in [0.05, 0.1) is 6.42 Å². The van der Waals surface area contributed by atoms with Gasteiger partial charge in [-0.2, -0.15) is 0 Å². The highest BCUT2D eigenvalue weighted by Gasteiger charge is 2.17. The predicted octanol–water partition coefficient (Wildman–Crippen LogP) is 2.92. The molecule has 1 rings (SSSR count). The van der Waals surface area contributed by atoms with Gasteiger partial charge in [-0.05, 0) is 5.53 Å². The third-order valence-electron chi connectivity index (χ3n) is 2.24. The van der Waals surface area contributed by atoms with E-state index < -0.39 is 11.9 Å². The molecule has 1 atom stereocenters. The van der Waals surface area contributed by atoms with Crippen LogP contribution in [0.4, 0.5) is 5.69 Å². The molecule has 0 spiro atoms. The molecule has 0 amide bonds. The van der Waals surface area contributed by atoms with Gasteiger partial charge in [0, 0.05) is 22.1 Å². The lowest BCUT2D eigenvalue weighted by molar-refractivity contribution is -0.137. The van der Waals surface area contributed by atoms with Crippen LogP contribution >= 0.6 is 0 Å². The number of nitrogens with zero attached hydrogens (tertiary/aromatic N) is 3. The average molecular weight is 233 g/mol. The van der Waals surface area contributed by atoms with Crippen molar-refractivity contribution in [3.63, 3.8) is 0 Å². The van der Waals surface area contributed by atoms with Gasteiger partial charge in [-0.1, -0.05) is 36.3 Å². The number of rotatable bonds is 5. The second kappa shape index (κ2) is 5.67. The molecule has 1 N–H and O–H groups in total. The number of hydrogen-bond acceptors (Lipinski definition) is 3. The number of Topliss-reactive ketones (excluding diaryl/α,β-unsaturated/α-hetero) is 1. The largest absolute Gasteiger partial charge is 0.481 e. The van der Waals surface area contributed by atoms with Crippen LogP contribution in [0, 0.1) is 5.92 Å². The van der Waals surface area contributed by atoms with E-state index in [-0.39, 0.29) is 12.2 Å². The zero-order valence-corrected chi connectivity index (χ0v) is 9.20. The lowest BCUT2D eigenvalue weighted by Crippen LogP contribution is -2.15. The highest BCUT2D eigenvalue weighted by Crippen LogP contribution is 2.17. The summed E-state index contributed by atoms with van der Waals surface area (Å²) in [6, 6.07) is 6.07. The molecule has 0 aliphatic rings. The van der Waals surface area contributed by atoms with Gasteiger partial charge >= 0.3 is 5.97 Å². The van der Waals surface area contributed by atoms with Crippen molar-refractivity contribution in [2.45, 2.75) is 13.3 Å². The lowest BCUT2D eigenvalue weighted by atomic mass is 9.96. The van der Waals surface area contributed by atoms with Crippen molar-refractivity contribution < 1.29 is 14.7 Å². The molecule has 0 bridgehead atoms. The first kappa shape index (κ1) is 12.7. The van der Waals surface area contributed by atoms with Crippen LogP contribution in [0.3, 0.4) is 0 Å². The maximum atomic E-state index is 11.8. The first-order valence-corrected chi connectivity index (χ1v) is 4.95. The van der Waals surface area contributed by atoms with Gasteiger partial charge in [-0.3, -0.25) is 9.59 Å². The van der Waals surface area contributed by atoms with Crippen LogP contribution in [0.1, 0.15) is 23.7 Å². The van der Waals surface area contributed by atoms with E-state index in [4.69, 9.17) is 10.6 Å². The van der Waals surface area contributed by atoms with E-state index in [9.17, 15) is 9.59 Å². The fourth-order valence-electron chi connectivity index (χ4n) is 1.38. The SMILES string of the molecule is CC(CC(=O)O)C(=O)c1ccc(N=[N+]=[N-])cc1. The third-order valence-corrected chi connectivity index (χ3v) is 2.24. The van der Waals surface area contributed by atoms with Crippen molar-refractivity contribution in [2.75, 3.05) is 0 Å². The van der Waals surface area contributed by atoms with Crippen molar-refractivity contribution in [3.05, 3.63) is 40.3 Å². The topological polar surface area (TPSA) is 103 Å². The summed E-state index contributed by atoms with van der Waals surface area (Å²) in [4.78, 5) is 24.9. The number of benzene rings is 1. The van der Waals surface area contributed by atoms with Gasteiger partial charge < -0.3 is 5.11 Å². The molecule has 0 aliphatic heterocycles. The molecule has 17 heavy (non-hydrogen) atoms. The van der Waals surface area contributed by atoms with Gasteiger partial charge in [0.1, 0.15) is 0 Å². The average Bonchev–Trinajstić information content (AvgIpc) is 2.28. The zero-order valence-electron chi connectivity index (χ0n) is 9.20. The van der Waals surface area contributed by atoms with Crippen molar-refractivity contribution in [1.29, 1.82) is 0 Å². The fourth-order valence-corrected chi connectivity index (χ4v) is 1.38. The van der Waals surface area contributed by atoms with Crippen molar-refractivity contribution in [1.82, 2.24) is 0 Å². The van der Waals surface area contributed by atoms with Gasteiger partial charge in [0.2, 0.25) is 0 Å². The first-order chi connectivity index (χ1) is 8.04. The van der Waals surface area contributed by atoms with E-state index in [1.807, 2.05) is 0 Å². The Kier molecular flexibility index (Phi) is 4.25. The summed E-state index contributed by atoms with van der Waals surface area (Å²) in [6.07, 6.45) is -0.197. The number of carbonyl (C=O) groups excluding carboxylic acids is 1. The molecule has 0 fully saturated rings. The Morgan fingerprint density at radius 2 is 2.00 bits per heavy atom. The number of azide groups is 1. The number of hydrogen-bond donors (Lipinski definition) is 1. The van der Waals surface area contributed by atoms with Crippen LogP contribution in [0.2, 0.25) is 0 Å². The molecule has 6 heteroatoms. The quantitative estimate of drug-likeness (QED) is 0.366. The lowest BCUT2D eigenvalue weighted by Gasteiger charge is -2.07. The minimum Gasteiger partial charge on any atom is -0.481 e. The van der Waals surface area contributed by atoms with Crippen LogP contribution in [-0.4, -0.2) is 16.9 Å². The van der Waals surface area contributed by atoms with Gasteiger partial charge in [-0.15, -0.1) is 0 Å². The summed E-state index contributed by atoms with van der Waals surface area (Å²) >= 11 is 0. The molecule has 0 aliphatic carbocycles. The Balaban J connectivity index is 2.82. The van der Waals surface area contributed by atoms with E-state index in [1.54, 1.807) is 6.92 Å². The third kappa shape index (κ3) is 3.62. The van der Waals surface area contributed by atoms with Gasteiger partial charge in [-0.25, -0.2) is 0 Å². The van der Waals surface area contributed by atoms with Crippen molar-refractivity contribution >= 4 is 17.4 Å². The van der Waals surface area contributed by atoms with E-state index in [0.29, 0.717) is 11.3 Å². The van der Waals surface area contributed by atoms with E-state index in [2.05, 4.69) is 10.0 Å². The Hall–Kier alpha value is -2.33. The summed E-state index contributed by atoms with van der Waals surface area (Å²) < 4.78 is 0. The highest BCUT2D eigenvalue weighted by atomic mass is 16.4. The normalized spacial score (nSPS) is 11.4. The molecule has 0 saturated heterocycles. The van der Waals surface area contributed by atoms with E-state index in [1.165, 1.54) is 24.3 Å². The molecule has 1 aromatic rings. The zero-order chi connectivity index (χ0) is 12.8. The van der Waals surface area contributed by atoms with Crippen molar-refractivity contribution in [2.24, 2.45) is 11.0 Å². The number of carboxylic acids is 1. The molecule has 1 aromatic carbocycles. The van der Waals surface area contributed by atoms with Crippen LogP contribution in [0.15, 0.2) is 29.4 Å². The molecule has 1 unspecified atom stereocenters. The molecular weight excluding hydrogens is 222 g/mol. The Labute approximate surface area is 97.5 Å². The molecule has 0 saturated carbocycles. The minimum atomic E-state index is -1.00. The summed E-state index contributed by atoms with van der Waals surface area (Å²) in [7, 11) is 0. The summed E-state index contributed by atoms with van der Waals surface area (Å²) in [6.45, 7) is 1.57. The Morgan fingerprint density at radius 3 is 2.47 bits per heavy atom. The summed E-state index contributed by atoms with van der Waals surface area (Å²) in [5, 5.41) is 12.0. The monoisotopic (exact) mass is 233 g/mol. The molecule has 0 aromatic heterocycles. The standard InChI is InChI=1S/C11H11N3O3/c1-7(6-10(15)16)11(17)8-2-4-9(5-3-8)13-14-12/h2-5,7H,6H2,1H3,(H,15,16). The number of aliphatic carboxylic acids is 1. The molecular formula is C11H11N3O3. The van der Waals surface area contributed by atoms with Crippen LogP contribution in [0.5, 0.6) is 0 Å². The summed E-state index contributed by atoms with van der Waals surface area (Å²) in [5.41, 5.74) is 9.04. The molecule has 0 radical (unpaired) electrons. The molecule has 88 valence electrons. The minimum absolute atomic E-state index is 0.197. The number of carboxylic acid groups (broad SMARTS) is 1. The number of ketones is 1. The van der Waals surface area contributed by atoms with E-state index >= 15 is 0 Å².